The molecule has 43 heavy (non-hydrogen) atoms. The maximum Gasteiger partial charge on any atom is 2.00 e. The first-order valence-corrected chi connectivity index (χ1v) is 19.0. The summed E-state index contributed by atoms with van der Waals surface area (Å²) in [4.78, 5) is -0.103. The zero-order valence-electron chi connectivity index (χ0n) is 26.7. The van der Waals surface area contributed by atoms with Crippen LogP contribution in [0.3, 0.4) is 0 Å². The predicted octanol–water partition coefficient (Wildman–Crippen LogP) is 8.95. The van der Waals surface area contributed by atoms with Gasteiger partial charge in [0.25, 0.3) is 0 Å². The number of rotatable bonds is 22. The van der Waals surface area contributed by atoms with E-state index in [1.54, 1.807) is 36.4 Å². The molecule has 0 saturated heterocycles. The van der Waals surface area contributed by atoms with Crippen LogP contribution in [0.2, 0.25) is 0 Å². The van der Waals surface area contributed by atoms with Crippen molar-refractivity contribution in [3.05, 3.63) is 59.7 Å². The Morgan fingerprint density at radius 2 is 0.698 bits per heavy atom. The molecule has 0 amide bonds. The van der Waals surface area contributed by atoms with Crippen molar-refractivity contribution in [1.29, 1.82) is 0 Å². The molecule has 2 rings (SSSR count). The molecule has 0 fully saturated rings. The molecule has 0 aromatic heterocycles. The minimum atomic E-state index is -4.34. The van der Waals surface area contributed by atoms with E-state index in [0.29, 0.717) is 24.0 Å². The van der Waals surface area contributed by atoms with Crippen LogP contribution in [0, 0.1) is 0 Å². The second-order valence-corrected chi connectivity index (χ2v) is 14.0. The summed E-state index contributed by atoms with van der Waals surface area (Å²) >= 11 is 0. The largest absolute Gasteiger partial charge is 2.00 e. The molecule has 0 aliphatic heterocycles. The van der Waals surface area contributed by atoms with E-state index in [2.05, 4.69) is 13.8 Å². The molecule has 2 aromatic carbocycles. The van der Waals surface area contributed by atoms with E-state index in [1.807, 2.05) is 0 Å². The van der Waals surface area contributed by atoms with E-state index < -0.39 is 20.2 Å². The van der Waals surface area contributed by atoms with Gasteiger partial charge in [-0.3, -0.25) is 0 Å². The predicted molar refractivity (Wildman–Crippen MR) is 176 cm³/mol. The molecule has 2 aromatic rings. The third-order valence-electron chi connectivity index (χ3n) is 7.58. The zero-order chi connectivity index (χ0) is 31.1. The normalized spacial score (nSPS) is 11.4. The van der Waals surface area contributed by atoms with Gasteiger partial charge in [-0.05, 0) is 48.9 Å². The molecular weight excluding hydrogens is 593 g/mol. The van der Waals surface area contributed by atoms with Crippen LogP contribution in [0.5, 0.6) is 0 Å². The van der Waals surface area contributed by atoms with Crippen molar-refractivity contribution in [2.45, 2.75) is 152 Å². The average Bonchev–Trinajstić information content (AvgIpc) is 2.95. The molecule has 0 heterocycles. The average molecular weight is 647 g/mol. The summed E-state index contributed by atoms with van der Waals surface area (Å²) in [6.45, 7) is 4.44. The topological polar surface area (TPSA) is 114 Å². The fourth-order valence-corrected chi connectivity index (χ4v) is 6.63. The van der Waals surface area contributed by atoms with Gasteiger partial charge in [-0.25, -0.2) is 16.8 Å². The van der Waals surface area contributed by atoms with Crippen LogP contribution in [0.15, 0.2) is 58.3 Å². The van der Waals surface area contributed by atoms with Gasteiger partial charge in [0, 0.05) is 0 Å². The third kappa shape index (κ3) is 20.6. The van der Waals surface area contributed by atoms with Gasteiger partial charge in [-0.2, -0.15) is 0 Å². The maximum atomic E-state index is 11.2. The Hall–Kier alpha value is -0.974. The molecule has 0 bridgehead atoms. The fourth-order valence-electron chi connectivity index (χ4n) is 5.16. The summed E-state index contributed by atoms with van der Waals surface area (Å²) in [6, 6.07) is 13.1. The number of hydrogen-bond acceptors (Lipinski definition) is 6. The van der Waals surface area contributed by atoms with E-state index >= 15 is 0 Å². The second-order valence-electron chi connectivity index (χ2n) is 11.3. The molecule has 0 saturated carbocycles. The molecule has 0 radical (unpaired) electrons. The molecule has 9 heteroatoms. The molecule has 0 aliphatic carbocycles. The number of unbranched alkanes of at least 4 members (excludes halogenated alkanes) is 16. The van der Waals surface area contributed by atoms with Gasteiger partial charge in [0.05, 0.1) is 9.79 Å². The molecule has 0 aliphatic rings. The van der Waals surface area contributed by atoms with Gasteiger partial charge in [-0.15, -0.1) is 0 Å². The van der Waals surface area contributed by atoms with Gasteiger partial charge in [0.2, 0.25) is 0 Å². The number of benzene rings is 2. The smallest absolute Gasteiger partial charge is 0.744 e. The molecule has 6 nitrogen and oxygen atoms in total. The van der Waals surface area contributed by atoms with E-state index in [-0.39, 0.29) is 32.8 Å². The maximum absolute atomic E-state index is 11.2. The van der Waals surface area contributed by atoms with Crippen molar-refractivity contribution < 1.29 is 25.9 Å². The Balaban J connectivity index is 0.000000802. The van der Waals surface area contributed by atoms with Crippen molar-refractivity contribution in [2.24, 2.45) is 0 Å². The Labute approximate surface area is 279 Å². The van der Waals surface area contributed by atoms with Gasteiger partial charge in [0.1, 0.15) is 20.2 Å². The fraction of sp³-hybridized carbons (Fsp3) is 0.647. The van der Waals surface area contributed by atoms with Crippen LogP contribution in [0.25, 0.3) is 0 Å². The minimum Gasteiger partial charge on any atom is -0.744 e. The first-order chi connectivity index (χ1) is 20.1. The standard InChI is InChI=1S/2C17H28O3S.Mg/c2*1-2-3-4-5-6-7-8-9-10-13-16-14-11-12-15-17(16)21(18,19)20;/h2*11-12,14-15H,2-10,13H2,1H3,(H,18,19,20);/q;;+2/p-2. The van der Waals surface area contributed by atoms with E-state index in [0.717, 1.165) is 25.7 Å². The van der Waals surface area contributed by atoms with Crippen LogP contribution in [-0.2, 0) is 33.1 Å². The Morgan fingerprint density at radius 1 is 0.442 bits per heavy atom. The van der Waals surface area contributed by atoms with Crippen LogP contribution in [0.1, 0.15) is 141 Å². The van der Waals surface area contributed by atoms with Gasteiger partial charge in [-0.1, -0.05) is 153 Å². The van der Waals surface area contributed by atoms with Crippen molar-refractivity contribution in [2.75, 3.05) is 0 Å². The van der Waals surface area contributed by atoms with Crippen molar-refractivity contribution >= 4 is 43.3 Å². The van der Waals surface area contributed by atoms with E-state index in [9.17, 15) is 25.9 Å². The second kappa shape index (κ2) is 25.2. The quantitative estimate of drug-likeness (QED) is 0.0716. The summed E-state index contributed by atoms with van der Waals surface area (Å²) in [7, 11) is -8.69. The summed E-state index contributed by atoms with van der Waals surface area (Å²) in [5.41, 5.74) is 1.32. The third-order valence-corrected chi connectivity index (χ3v) is 9.46. The van der Waals surface area contributed by atoms with Crippen molar-refractivity contribution in [3.63, 3.8) is 0 Å². The summed E-state index contributed by atoms with van der Waals surface area (Å²) in [5, 5.41) is 0. The Kier molecular flexibility index (Phi) is 24.7. The SMILES string of the molecule is CCCCCCCCCCCc1ccccc1S(=O)(=O)[O-].CCCCCCCCCCCc1ccccc1S(=O)(=O)[O-].[Mg+2]. The molecule has 0 N–H and O–H groups in total. The minimum absolute atomic E-state index is 0. The number of aryl methyl sites for hydroxylation is 2. The van der Waals surface area contributed by atoms with Crippen molar-refractivity contribution in [1.82, 2.24) is 0 Å². The number of hydrogen-bond donors (Lipinski definition) is 0. The molecule has 0 atom stereocenters. The molecule has 240 valence electrons. The van der Waals surface area contributed by atoms with E-state index in [4.69, 9.17) is 0 Å². The summed E-state index contributed by atoms with van der Waals surface area (Å²) in [5.74, 6) is 0. The van der Waals surface area contributed by atoms with E-state index in [1.165, 1.54) is 102 Å². The van der Waals surface area contributed by atoms with Crippen LogP contribution in [0.4, 0.5) is 0 Å². The first-order valence-electron chi connectivity index (χ1n) is 16.2. The molecule has 0 unspecified atom stereocenters. The van der Waals surface area contributed by atoms with Gasteiger partial charge in [0.15, 0.2) is 0 Å². The van der Waals surface area contributed by atoms with Crippen LogP contribution < -0.4 is 0 Å². The van der Waals surface area contributed by atoms with Crippen LogP contribution in [-0.4, -0.2) is 49.0 Å². The Bertz CT molecular complexity index is 1090. The Morgan fingerprint density at radius 3 is 0.977 bits per heavy atom. The van der Waals surface area contributed by atoms with Gasteiger partial charge < -0.3 is 9.11 Å². The first kappa shape index (κ1) is 42.0. The monoisotopic (exact) mass is 646 g/mol. The van der Waals surface area contributed by atoms with Gasteiger partial charge >= 0.3 is 23.1 Å². The van der Waals surface area contributed by atoms with Crippen LogP contribution >= 0.6 is 0 Å². The molecule has 0 spiro atoms. The van der Waals surface area contributed by atoms with Crippen molar-refractivity contribution in [3.8, 4) is 0 Å². The summed E-state index contributed by atoms with van der Waals surface area (Å²) in [6.07, 6.45) is 23.5. The molecular formula is C34H54MgO6S2. The summed E-state index contributed by atoms with van der Waals surface area (Å²) < 4.78 is 67.0. The zero-order valence-corrected chi connectivity index (χ0v) is 29.8.